The van der Waals surface area contributed by atoms with Crippen LogP contribution in [0.1, 0.15) is 40.0 Å². The first kappa shape index (κ1) is 11.8. The molecule has 0 aromatic rings. The van der Waals surface area contributed by atoms with Gasteiger partial charge in [0.25, 0.3) is 0 Å². The molecule has 0 radical (unpaired) electrons. The van der Waals surface area contributed by atoms with Crippen LogP contribution >= 0.6 is 0 Å². The number of allylic oxidation sites excluding steroid dienone is 2. The zero-order chi connectivity index (χ0) is 11.4. The molecule has 4 N–H and O–H groups in total. The minimum Gasteiger partial charge on any atom is -0.369 e. The minimum absolute atomic E-state index is 0.0221. The number of guanidine groups is 1. The van der Waals surface area contributed by atoms with Crippen molar-refractivity contribution in [3.05, 3.63) is 11.1 Å². The van der Waals surface area contributed by atoms with Crippen molar-refractivity contribution in [3.63, 3.8) is 0 Å². The van der Waals surface area contributed by atoms with Gasteiger partial charge in [0.15, 0.2) is 0 Å². The molecule has 1 atom stereocenters. The zero-order valence-electron chi connectivity index (χ0n) is 9.75. The summed E-state index contributed by atoms with van der Waals surface area (Å²) in [5.41, 5.74) is 14.2. The fourth-order valence-corrected chi connectivity index (χ4v) is 1.85. The van der Waals surface area contributed by atoms with Crippen LogP contribution in [-0.4, -0.2) is 11.7 Å². The average molecular weight is 208 g/mol. The van der Waals surface area contributed by atoms with Crippen molar-refractivity contribution >= 4 is 11.7 Å². The Balaban J connectivity index is 2.94. The Morgan fingerprint density at radius 3 is 2.53 bits per heavy atom. The van der Waals surface area contributed by atoms with Gasteiger partial charge in [-0.25, -0.2) is 0 Å². The monoisotopic (exact) mass is 208 g/mol. The Morgan fingerprint density at radius 2 is 2.00 bits per heavy atom. The van der Waals surface area contributed by atoms with E-state index in [2.05, 4.69) is 31.0 Å². The van der Waals surface area contributed by atoms with Crippen LogP contribution in [0.2, 0.25) is 0 Å². The van der Waals surface area contributed by atoms with Crippen LogP contribution < -0.4 is 11.5 Å². The smallest absolute Gasteiger partial charge is 0.211 e. The molecule has 0 amide bonds. The molecule has 1 fully saturated rings. The standard InChI is InChI=1S/C11H20N4/c1-7(2)9-5-4-8(3)6-10(9)14-15-11(12)13/h8H,4-6H2,1-3H3,(H4,12,13,15)/b14-10+. The Bertz CT molecular complexity index is 317. The van der Waals surface area contributed by atoms with Crippen LogP contribution in [0.25, 0.3) is 0 Å². The van der Waals surface area contributed by atoms with Gasteiger partial charge in [0, 0.05) is 0 Å². The first-order valence-corrected chi connectivity index (χ1v) is 5.33. The molecule has 15 heavy (non-hydrogen) atoms. The predicted molar refractivity (Wildman–Crippen MR) is 64.6 cm³/mol. The highest BCUT2D eigenvalue weighted by Gasteiger charge is 2.19. The molecule has 0 aliphatic heterocycles. The van der Waals surface area contributed by atoms with Gasteiger partial charge >= 0.3 is 0 Å². The largest absolute Gasteiger partial charge is 0.369 e. The van der Waals surface area contributed by atoms with E-state index in [1.165, 1.54) is 17.6 Å². The molecule has 0 saturated heterocycles. The van der Waals surface area contributed by atoms with Crippen molar-refractivity contribution in [2.45, 2.75) is 40.0 Å². The molecular weight excluding hydrogens is 188 g/mol. The molecule has 0 aromatic heterocycles. The van der Waals surface area contributed by atoms with Crippen molar-refractivity contribution in [3.8, 4) is 0 Å². The van der Waals surface area contributed by atoms with Crippen LogP contribution in [0, 0.1) is 5.92 Å². The van der Waals surface area contributed by atoms with E-state index < -0.39 is 0 Å². The number of nitrogens with two attached hydrogens (primary N) is 2. The van der Waals surface area contributed by atoms with Crippen LogP contribution in [0.3, 0.4) is 0 Å². The lowest BCUT2D eigenvalue weighted by Gasteiger charge is -2.23. The van der Waals surface area contributed by atoms with Gasteiger partial charge in [-0.1, -0.05) is 12.5 Å². The molecule has 1 unspecified atom stereocenters. The molecule has 0 bridgehead atoms. The van der Waals surface area contributed by atoms with Crippen molar-refractivity contribution in [2.24, 2.45) is 27.6 Å². The van der Waals surface area contributed by atoms with Crippen LogP contribution in [0.4, 0.5) is 0 Å². The van der Waals surface area contributed by atoms with E-state index >= 15 is 0 Å². The van der Waals surface area contributed by atoms with E-state index in [9.17, 15) is 0 Å². The van der Waals surface area contributed by atoms with Gasteiger partial charge in [0.2, 0.25) is 5.96 Å². The molecule has 1 aliphatic carbocycles. The summed E-state index contributed by atoms with van der Waals surface area (Å²) in [6, 6.07) is 0. The predicted octanol–water partition coefficient (Wildman–Crippen LogP) is 1.77. The van der Waals surface area contributed by atoms with Crippen LogP contribution in [0.15, 0.2) is 21.3 Å². The second kappa shape index (κ2) is 4.96. The third-order valence-electron chi connectivity index (χ3n) is 2.67. The van der Waals surface area contributed by atoms with Crippen LogP contribution in [0.5, 0.6) is 0 Å². The van der Waals surface area contributed by atoms with Gasteiger partial charge in [-0.15, -0.1) is 5.10 Å². The molecule has 1 rings (SSSR count). The molecule has 1 aliphatic rings. The molecule has 4 heteroatoms. The van der Waals surface area contributed by atoms with Crippen LogP contribution in [-0.2, 0) is 0 Å². The minimum atomic E-state index is 0.0221. The van der Waals surface area contributed by atoms with Crippen molar-refractivity contribution in [1.29, 1.82) is 0 Å². The highest BCUT2D eigenvalue weighted by atomic mass is 15.3. The maximum Gasteiger partial charge on any atom is 0.211 e. The third kappa shape index (κ3) is 3.38. The fourth-order valence-electron chi connectivity index (χ4n) is 1.85. The highest BCUT2D eigenvalue weighted by molar-refractivity contribution is 6.01. The summed E-state index contributed by atoms with van der Waals surface area (Å²) in [7, 11) is 0. The van der Waals surface area contributed by atoms with E-state index in [0.717, 1.165) is 18.6 Å². The van der Waals surface area contributed by atoms with Gasteiger partial charge < -0.3 is 11.5 Å². The zero-order valence-corrected chi connectivity index (χ0v) is 9.75. The Morgan fingerprint density at radius 1 is 1.33 bits per heavy atom. The summed E-state index contributed by atoms with van der Waals surface area (Å²) in [6.45, 7) is 6.44. The topological polar surface area (TPSA) is 76.8 Å². The number of hydrogen-bond donors (Lipinski definition) is 2. The van der Waals surface area contributed by atoms with Gasteiger partial charge in [0.05, 0.1) is 5.71 Å². The maximum atomic E-state index is 5.27. The quantitative estimate of drug-likeness (QED) is 0.391. The SMILES string of the molecule is CC(C)=C1CCC(C)C/C1=N\N=C(N)N. The summed E-state index contributed by atoms with van der Waals surface area (Å²) in [5, 5.41) is 7.87. The Labute approximate surface area is 91.1 Å². The third-order valence-corrected chi connectivity index (χ3v) is 2.67. The summed E-state index contributed by atoms with van der Waals surface area (Å²) in [5.74, 6) is 0.690. The summed E-state index contributed by atoms with van der Waals surface area (Å²) < 4.78 is 0. The number of rotatable bonds is 1. The first-order chi connectivity index (χ1) is 7.00. The van der Waals surface area contributed by atoms with E-state index in [0.29, 0.717) is 5.92 Å². The van der Waals surface area contributed by atoms with Gasteiger partial charge in [-0.3, -0.25) is 0 Å². The molecule has 4 nitrogen and oxygen atoms in total. The number of hydrogen-bond acceptors (Lipinski definition) is 2. The Kier molecular flexibility index (Phi) is 3.88. The maximum absolute atomic E-state index is 5.27. The summed E-state index contributed by atoms with van der Waals surface area (Å²) in [4.78, 5) is 0. The lowest BCUT2D eigenvalue weighted by molar-refractivity contribution is 0.532. The second-order valence-electron chi connectivity index (χ2n) is 4.40. The van der Waals surface area contributed by atoms with E-state index in [1.807, 2.05) is 0 Å². The lowest BCUT2D eigenvalue weighted by Crippen LogP contribution is -2.23. The molecule has 84 valence electrons. The van der Waals surface area contributed by atoms with E-state index in [1.54, 1.807) is 0 Å². The van der Waals surface area contributed by atoms with Crippen molar-refractivity contribution in [2.75, 3.05) is 0 Å². The molecule has 0 heterocycles. The van der Waals surface area contributed by atoms with Gasteiger partial charge in [0.1, 0.15) is 0 Å². The normalized spacial score (nSPS) is 24.1. The van der Waals surface area contributed by atoms with E-state index in [4.69, 9.17) is 11.5 Å². The molecule has 0 aromatic carbocycles. The lowest BCUT2D eigenvalue weighted by atomic mass is 9.84. The number of nitrogens with zero attached hydrogens (tertiary/aromatic N) is 2. The fraction of sp³-hybridized carbons (Fsp3) is 0.636. The molecular formula is C11H20N4. The summed E-state index contributed by atoms with van der Waals surface area (Å²) in [6.07, 6.45) is 3.28. The second-order valence-corrected chi connectivity index (χ2v) is 4.40. The average Bonchev–Trinajstić information content (AvgIpc) is 2.14. The summed E-state index contributed by atoms with van der Waals surface area (Å²) >= 11 is 0. The molecule has 0 spiro atoms. The first-order valence-electron chi connectivity index (χ1n) is 5.33. The molecule has 1 saturated carbocycles. The van der Waals surface area contributed by atoms with Crippen molar-refractivity contribution in [1.82, 2.24) is 0 Å². The van der Waals surface area contributed by atoms with Crippen molar-refractivity contribution < 1.29 is 0 Å². The highest BCUT2D eigenvalue weighted by Crippen LogP contribution is 2.28. The van der Waals surface area contributed by atoms with Gasteiger partial charge in [-0.05, 0) is 44.6 Å². The Hall–Kier alpha value is -1.32. The van der Waals surface area contributed by atoms with E-state index in [-0.39, 0.29) is 5.96 Å². The van der Waals surface area contributed by atoms with Gasteiger partial charge in [-0.2, -0.15) is 5.10 Å².